The molecule has 0 unspecified atom stereocenters. The molecule has 1 saturated heterocycles. The SMILES string of the molecule is O=C(Nc1ccc(CC(=O)N2CCC2)cc1)c1ccc(Br)cc1. The van der Waals surface area contributed by atoms with Crippen molar-refractivity contribution >= 4 is 33.4 Å². The van der Waals surface area contributed by atoms with Gasteiger partial charge in [-0.15, -0.1) is 0 Å². The van der Waals surface area contributed by atoms with Crippen molar-refractivity contribution < 1.29 is 9.59 Å². The maximum Gasteiger partial charge on any atom is 0.255 e. The van der Waals surface area contributed by atoms with Crippen molar-refractivity contribution in [2.24, 2.45) is 0 Å². The number of amides is 2. The normalized spacial score (nSPS) is 13.3. The molecule has 23 heavy (non-hydrogen) atoms. The van der Waals surface area contributed by atoms with Crippen molar-refractivity contribution in [2.45, 2.75) is 12.8 Å². The highest BCUT2D eigenvalue weighted by Crippen LogP contribution is 2.15. The van der Waals surface area contributed by atoms with Crippen LogP contribution in [0, 0.1) is 0 Å². The van der Waals surface area contributed by atoms with Crippen molar-refractivity contribution in [3.63, 3.8) is 0 Å². The lowest BCUT2D eigenvalue weighted by Crippen LogP contribution is -2.42. The number of rotatable bonds is 4. The molecule has 2 amide bonds. The zero-order chi connectivity index (χ0) is 16.2. The van der Waals surface area contributed by atoms with Gasteiger partial charge in [-0.3, -0.25) is 9.59 Å². The molecule has 1 heterocycles. The summed E-state index contributed by atoms with van der Waals surface area (Å²) >= 11 is 3.35. The summed E-state index contributed by atoms with van der Waals surface area (Å²) < 4.78 is 0.935. The highest BCUT2D eigenvalue weighted by atomic mass is 79.9. The molecule has 0 atom stereocenters. The van der Waals surface area contributed by atoms with Gasteiger partial charge in [-0.1, -0.05) is 28.1 Å². The monoisotopic (exact) mass is 372 g/mol. The summed E-state index contributed by atoms with van der Waals surface area (Å²) in [4.78, 5) is 25.9. The Bertz CT molecular complexity index is 707. The second-order valence-corrected chi connectivity index (χ2v) is 6.48. The van der Waals surface area contributed by atoms with Gasteiger partial charge >= 0.3 is 0 Å². The van der Waals surface area contributed by atoms with Gasteiger partial charge in [-0.25, -0.2) is 0 Å². The lowest BCUT2D eigenvalue weighted by Gasteiger charge is -2.30. The second kappa shape index (κ2) is 6.96. The van der Waals surface area contributed by atoms with E-state index in [9.17, 15) is 9.59 Å². The van der Waals surface area contributed by atoms with Crippen LogP contribution >= 0.6 is 15.9 Å². The predicted octanol–water partition coefficient (Wildman–Crippen LogP) is 3.48. The fourth-order valence-electron chi connectivity index (χ4n) is 2.36. The summed E-state index contributed by atoms with van der Waals surface area (Å²) in [6.45, 7) is 1.75. The van der Waals surface area contributed by atoms with Crippen molar-refractivity contribution in [1.82, 2.24) is 4.90 Å². The number of benzene rings is 2. The maximum absolute atomic E-state index is 12.1. The molecule has 0 saturated carbocycles. The Morgan fingerprint density at radius 1 is 1.00 bits per heavy atom. The Morgan fingerprint density at radius 2 is 1.65 bits per heavy atom. The molecule has 0 aromatic heterocycles. The van der Waals surface area contributed by atoms with Crippen molar-refractivity contribution in [3.8, 4) is 0 Å². The Morgan fingerprint density at radius 3 is 2.22 bits per heavy atom. The average Bonchev–Trinajstić information content (AvgIpc) is 2.48. The van der Waals surface area contributed by atoms with Crippen molar-refractivity contribution in [1.29, 1.82) is 0 Å². The molecule has 0 radical (unpaired) electrons. The summed E-state index contributed by atoms with van der Waals surface area (Å²) in [6.07, 6.45) is 1.52. The first-order chi connectivity index (χ1) is 11.1. The second-order valence-electron chi connectivity index (χ2n) is 5.57. The van der Waals surface area contributed by atoms with E-state index in [0.717, 1.165) is 35.2 Å². The van der Waals surface area contributed by atoms with E-state index in [1.54, 1.807) is 12.1 Å². The smallest absolute Gasteiger partial charge is 0.255 e. The number of nitrogens with zero attached hydrogens (tertiary/aromatic N) is 1. The van der Waals surface area contributed by atoms with Gasteiger partial charge < -0.3 is 10.2 Å². The predicted molar refractivity (Wildman–Crippen MR) is 93.4 cm³/mol. The minimum Gasteiger partial charge on any atom is -0.342 e. The van der Waals surface area contributed by atoms with Gasteiger partial charge in [0.05, 0.1) is 6.42 Å². The number of carbonyl (C=O) groups excluding carboxylic acids is 2. The summed E-state index contributed by atoms with van der Waals surface area (Å²) in [7, 11) is 0. The fraction of sp³-hybridized carbons (Fsp3) is 0.222. The molecule has 1 N–H and O–H groups in total. The molecule has 0 bridgehead atoms. The summed E-state index contributed by atoms with van der Waals surface area (Å²) in [6, 6.07) is 14.6. The fourth-order valence-corrected chi connectivity index (χ4v) is 2.63. The first kappa shape index (κ1) is 15.7. The van der Waals surface area contributed by atoms with Gasteiger partial charge in [0.25, 0.3) is 5.91 Å². The quantitative estimate of drug-likeness (QED) is 0.892. The molecule has 2 aromatic rings. The number of carbonyl (C=O) groups is 2. The van der Waals surface area contributed by atoms with Crippen LogP contribution in [0.2, 0.25) is 0 Å². The van der Waals surface area contributed by atoms with E-state index in [1.165, 1.54) is 0 Å². The number of anilines is 1. The molecule has 4 nitrogen and oxygen atoms in total. The lowest BCUT2D eigenvalue weighted by atomic mass is 10.1. The van der Waals surface area contributed by atoms with Crippen LogP contribution in [0.4, 0.5) is 5.69 Å². The standard InChI is InChI=1S/C18H17BrN2O2/c19-15-6-4-14(5-7-15)18(23)20-16-8-2-13(3-9-16)12-17(22)21-10-1-11-21/h2-9H,1,10-12H2,(H,20,23). The van der Waals surface area contributed by atoms with E-state index in [1.807, 2.05) is 41.3 Å². The Hall–Kier alpha value is -2.14. The van der Waals surface area contributed by atoms with Crippen LogP contribution in [0.1, 0.15) is 22.3 Å². The number of hydrogen-bond acceptors (Lipinski definition) is 2. The third-order valence-corrected chi connectivity index (χ3v) is 4.41. The molecule has 3 rings (SSSR count). The van der Waals surface area contributed by atoms with Gasteiger partial charge in [0.2, 0.25) is 5.91 Å². The van der Waals surface area contributed by atoms with Crippen LogP contribution in [0.5, 0.6) is 0 Å². The molecule has 1 aliphatic rings. The van der Waals surface area contributed by atoms with Crippen LogP contribution < -0.4 is 5.32 Å². The minimum absolute atomic E-state index is 0.151. The third kappa shape index (κ3) is 3.99. The summed E-state index contributed by atoms with van der Waals surface area (Å²) in [5.74, 6) is 0.0183. The summed E-state index contributed by atoms with van der Waals surface area (Å²) in [5.41, 5.74) is 2.28. The highest BCUT2D eigenvalue weighted by Gasteiger charge is 2.19. The van der Waals surface area contributed by atoms with E-state index >= 15 is 0 Å². The lowest BCUT2D eigenvalue weighted by molar-refractivity contribution is -0.133. The zero-order valence-electron chi connectivity index (χ0n) is 12.6. The van der Waals surface area contributed by atoms with Gasteiger partial charge in [0.15, 0.2) is 0 Å². The van der Waals surface area contributed by atoms with Gasteiger partial charge in [-0.05, 0) is 48.4 Å². The molecular weight excluding hydrogens is 356 g/mol. The van der Waals surface area contributed by atoms with Gasteiger partial charge in [0, 0.05) is 28.8 Å². The molecule has 0 aliphatic carbocycles. The first-order valence-electron chi connectivity index (χ1n) is 7.55. The Labute approximate surface area is 143 Å². The first-order valence-corrected chi connectivity index (χ1v) is 8.35. The van der Waals surface area contributed by atoms with Crippen LogP contribution in [0.15, 0.2) is 53.0 Å². The number of hydrogen-bond donors (Lipinski definition) is 1. The van der Waals surface area contributed by atoms with Gasteiger partial charge in [0.1, 0.15) is 0 Å². The molecule has 5 heteroatoms. The maximum atomic E-state index is 12.1. The van der Waals surface area contributed by atoms with Crippen LogP contribution in [0.3, 0.4) is 0 Å². The molecular formula is C18H17BrN2O2. The number of halogens is 1. The number of likely N-dealkylation sites (tertiary alicyclic amines) is 1. The minimum atomic E-state index is -0.151. The molecule has 118 valence electrons. The van der Waals surface area contributed by atoms with E-state index in [0.29, 0.717) is 12.0 Å². The molecule has 1 fully saturated rings. The number of nitrogens with one attached hydrogen (secondary N) is 1. The third-order valence-electron chi connectivity index (χ3n) is 3.88. The van der Waals surface area contributed by atoms with Crippen molar-refractivity contribution in [2.75, 3.05) is 18.4 Å². The molecule has 2 aromatic carbocycles. The Kier molecular flexibility index (Phi) is 4.76. The summed E-state index contributed by atoms with van der Waals surface area (Å²) in [5, 5.41) is 2.85. The zero-order valence-corrected chi connectivity index (χ0v) is 14.2. The van der Waals surface area contributed by atoms with Crippen LogP contribution in [-0.2, 0) is 11.2 Å². The van der Waals surface area contributed by atoms with Crippen LogP contribution in [0.25, 0.3) is 0 Å². The highest BCUT2D eigenvalue weighted by molar-refractivity contribution is 9.10. The average molecular weight is 373 g/mol. The van der Waals surface area contributed by atoms with Crippen LogP contribution in [-0.4, -0.2) is 29.8 Å². The molecule has 0 spiro atoms. The topological polar surface area (TPSA) is 49.4 Å². The van der Waals surface area contributed by atoms with Gasteiger partial charge in [-0.2, -0.15) is 0 Å². The van der Waals surface area contributed by atoms with E-state index in [2.05, 4.69) is 21.2 Å². The van der Waals surface area contributed by atoms with E-state index < -0.39 is 0 Å². The van der Waals surface area contributed by atoms with Crippen molar-refractivity contribution in [3.05, 3.63) is 64.1 Å². The molecule has 1 aliphatic heterocycles. The van der Waals surface area contributed by atoms with E-state index in [-0.39, 0.29) is 11.8 Å². The van der Waals surface area contributed by atoms with E-state index in [4.69, 9.17) is 0 Å². The largest absolute Gasteiger partial charge is 0.342 e. The Balaban J connectivity index is 1.59.